The molecule has 1 N–H and O–H groups in total. The van der Waals surface area contributed by atoms with Crippen LogP contribution in [-0.2, 0) is 4.79 Å². The number of ether oxygens (including phenoxy) is 1. The number of nitrogens with one attached hydrogen (secondary N) is 1. The first-order valence-electron chi connectivity index (χ1n) is 7.21. The van der Waals surface area contributed by atoms with Crippen LogP contribution >= 0.6 is 11.3 Å². The van der Waals surface area contributed by atoms with Crippen molar-refractivity contribution in [1.82, 2.24) is 4.98 Å². The van der Waals surface area contributed by atoms with E-state index in [1.54, 1.807) is 6.20 Å². The van der Waals surface area contributed by atoms with Crippen LogP contribution in [0.3, 0.4) is 0 Å². The number of aromatic nitrogens is 1. The topological polar surface area (TPSA) is 51.2 Å². The SMILES string of the molecule is Cc1cnc(NC(=O)COc2ccc(-c3ccccc3)cc2)s1. The van der Waals surface area contributed by atoms with Crippen LogP contribution in [0, 0.1) is 6.92 Å². The summed E-state index contributed by atoms with van der Waals surface area (Å²) in [6.07, 6.45) is 1.73. The Morgan fingerprint density at radius 3 is 2.43 bits per heavy atom. The summed E-state index contributed by atoms with van der Waals surface area (Å²) >= 11 is 1.44. The van der Waals surface area contributed by atoms with Crippen molar-refractivity contribution >= 4 is 22.4 Å². The van der Waals surface area contributed by atoms with Crippen LogP contribution < -0.4 is 10.1 Å². The Morgan fingerprint density at radius 1 is 1.09 bits per heavy atom. The van der Waals surface area contributed by atoms with Crippen LogP contribution in [0.4, 0.5) is 5.13 Å². The van der Waals surface area contributed by atoms with E-state index in [2.05, 4.69) is 22.4 Å². The van der Waals surface area contributed by atoms with Gasteiger partial charge in [0.15, 0.2) is 11.7 Å². The fourth-order valence-electron chi connectivity index (χ4n) is 2.09. The quantitative estimate of drug-likeness (QED) is 0.767. The molecule has 3 rings (SSSR count). The van der Waals surface area contributed by atoms with Crippen molar-refractivity contribution in [3.63, 3.8) is 0 Å². The molecule has 0 saturated carbocycles. The summed E-state index contributed by atoms with van der Waals surface area (Å²) in [7, 11) is 0. The number of anilines is 1. The van der Waals surface area contributed by atoms with Crippen molar-refractivity contribution in [3.8, 4) is 16.9 Å². The van der Waals surface area contributed by atoms with Crippen molar-refractivity contribution in [2.75, 3.05) is 11.9 Å². The van der Waals surface area contributed by atoms with E-state index in [1.165, 1.54) is 11.3 Å². The second-order valence-corrected chi connectivity index (χ2v) is 6.24. The summed E-state index contributed by atoms with van der Waals surface area (Å²) in [6.45, 7) is 1.90. The second-order valence-electron chi connectivity index (χ2n) is 5.00. The monoisotopic (exact) mass is 324 g/mol. The van der Waals surface area contributed by atoms with Gasteiger partial charge < -0.3 is 4.74 Å². The minimum Gasteiger partial charge on any atom is -0.484 e. The van der Waals surface area contributed by atoms with Crippen LogP contribution in [0.1, 0.15) is 4.88 Å². The molecule has 1 aromatic heterocycles. The van der Waals surface area contributed by atoms with Gasteiger partial charge in [0.05, 0.1) is 0 Å². The number of nitrogens with zero attached hydrogens (tertiary/aromatic N) is 1. The minimum atomic E-state index is -0.216. The van der Waals surface area contributed by atoms with Gasteiger partial charge in [0.2, 0.25) is 0 Å². The van der Waals surface area contributed by atoms with Crippen LogP contribution in [-0.4, -0.2) is 17.5 Å². The Morgan fingerprint density at radius 2 is 1.78 bits per heavy atom. The van der Waals surface area contributed by atoms with Crippen LogP contribution in [0.5, 0.6) is 5.75 Å². The average Bonchev–Trinajstić information content (AvgIpc) is 2.99. The summed E-state index contributed by atoms with van der Waals surface area (Å²) < 4.78 is 5.50. The summed E-state index contributed by atoms with van der Waals surface area (Å²) in [6, 6.07) is 17.8. The third-order valence-corrected chi connectivity index (χ3v) is 4.03. The Hall–Kier alpha value is -2.66. The molecule has 2 aromatic carbocycles. The summed E-state index contributed by atoms with van der Waals surface area (Å²) in [5.41, 5.74) is 2.26. The van der Waals surface area contributed by atoms with Gasteiger partial charge in [-0.3, -0.25) is 10.1 Å². The zero-order valence-corrected chi connectivity index (χ0v) is 13.5. The number of hydrogen-bond donors (Lipinski definition) is 1. The molecule has 23 heavy (non-hydrogen) atoms. The van der Waals surface area contributed by atoms with E-state index in [4.69, 9.17) is 4.74 Å². The molecule has 1 heterocycles. The average molecular weight is 324 g/mol. The molecule has 0 aliphatic carbocycles. The molecule has 0 spiro atoms. The number of benzene rings is 2. The molecule has 5 heteroatoms. The van der Waals surface area contributed by atoms with Crippen LogP contribution in [0.25, 0.3) is 11.1 Å². The predicted octanol–water partition coefficient (Wildman–Crippen LogP) is 4.14. The maximum atomic E-state index is 11.8. The first-order valence-corrected chi connectivity index (χ1v) is 8.03. The molecule has 116 valence electrons. The molecule has 0 aliphatic rings. The first-order chi connectivity index (χ1) is 11.2. The largest absolute Gasteiger partial charge is 0.484 e. The summed E-state index contributed by atoms with van der Waals surface area (Å²) in [5, 5.41) is 3.31. The number of amides is 1. The number of rotatable bonds is 5. The third kappa shape index (κ3) is 4.17. The molecule has 4 nitrogen and oxygen atoms in total. The lowest BCUT2D eigenvalue weighted by atomic mass is 10.1. The Labute approximate surface area is 138 Å². The lowest BCUT2D eigenvalue weighted by Crippen LogP contribution is -2.19. The lowest BCUT2D eigenvalue weighted by molar-refractivity contribution is -0.118. The van der Waals surface area contributed by atoms with E-state index in [-0.39, 0.29) is 12.5 Å². The van der Waals surface area contributed by atoms with E-state index in [0.717, 1.165) is 16.0 Å². The Balaban J connectivity index is 1.55. The lowest BCUT2D eigenvalue weighted by Gasteiger charge is -2.07. The Bertz CT molecular complexity index is 782. The molecule has 0 atom stereocenters. The van der Waals surface area contributed by atoms with Gasteiger partial charge in [-0.1, -0.05) is 42.5 Å². The van der Waals surface area contributed by atoms with Crippen molar-refractivity contribution < 1.29 is 9.53 Å². The fourth-order valence-corrected chi connectivity index (χ4v) is 2.77. The number of carbonyl (C=O) groups excluding carboxylic acids is 1. The highest BCUT2D eigenvalue weighted by Gasteiger charge is 2.06. The molecule has 0 radical (unpaired) electrons. The molecule has 1 amide bonds. The normalized spacial score (nSPS) is 10.3. The molecule has 0 bridgehead atoms. The van der Waals surface area contributed by atoms with E-state index in [0.29, 0.717) is 10.9 Å². The van der Waals surface area contributed by atoms with Gasteiger partial charge in [0.25, 0.3) is 5.91 Å². The predicted molar refractivity (Wildman–Crippen MR) is 92.9 cm³/mol. The van der Waals surface area contributed by atoms with Gasteiger partial charge in [-0.25, -0.2) is 4.98 Å². The van der Waals surface area contributed by atoms with Gasteiger partial charge >= 0.3 is 0 Å². The van der Waals surface area contributed by atoms with Crippen molar-refractivity contribution in [3.05, 3.63) is 65.7 Å². The molecular formula is C18H16N2O2S. The number of carbonyl (C=O) groups is 1. The van der Waals surface area contributed by atoms with Crippen LogP contribution in [0.2, 0.25) is 0 Å². The van der Waals surface area contributed by atoms with E-state index in [1.807, 2.05) is 49.4 Å². The van der Waals surface area contributed by atoms with E-state index in [9.17, 15) is 4.79 Å². The molecule has 0 fully saturated rings. The van der Waals surface area contributed by atoms with Gasteiger partial charge in [-0.05, 0) is 30.2 Å². The van der Waals surface area contributed by atoms with Gasteiger partial charge in [-0.15, -0.1) is 11.3 Å². The number of aryl methyl sites for hydroxylation is 1. The highest BCUT2D eigenvalue weighted by molar-refractivity contribution is 7.15. The third-order valence-electron chi connectivity index (χ3n) is 3.20. The maximum absolute atomic E-state index is 11.8. The summed E-state index contributed by atoms with van der Waals surface area (Å²) in [5.74, 6) is 0.446. The van der Waals surface area contributed by atoms with Gasteiger partial charge in [0.1, 0.15) is 5.75 Å². The van der Waals surface area contributed by atoms with Gasteiger partial charge in [-0.2, -0.15) is 0 Å². The minimum absolute atomic E-state index is 0.0384. The number of hydrogen-bond acceptors (Lipinski definition) is 4. The zero-order valence-electron chi connectivity index (χ0n) is 12.7. The van der Waals surface area contributed by atoms with Crippen molar-refractivity contribution in [2.45, 2.75) is 6.92 Å². The smallest absolute Gasteiger partial charge is 0.264 e. The molecular weight excluding hydrogens is 308 g/mol. The summed E-state index contributed by atoms with van der Waals surface area (Å²) in [4.78, 5) is 17.0. The van der Waals surface area contributed by atoms with Crippen molar-refractivity contribution in [2.24, 2.45) is 0 Å². The maximum Gasteiger partial charge on any atom is 0.264 e. The Kier molecular flexibility index (Phi) is 4.68. The molecule has 0 unspecified atom stereocenters. The molecule has 3 aromatic rings. The second kappa shape index (κ2) is 7.07. The fraction of sp³-hybridized carbons (Fsp3) is 0.111. The van der Waals surface area contributed by atoms with Gasteiger partial charge in [0, 0.05) is 11.1 Å². The first kappa shape index (κ1) is 15.2. The number of thiazole rings is 1. The van der Waals surface area contributed by atoms with Crippen LogP contribution in [0.15, 0.2) is 60.8 Å². The standard InChI is InChI=1S/C18H16N2O2S/c1-13-11-19-18(23-13)20-17(21)12-22-16-9-7-15(8-10-16)14-5-3-2-4-6-14/h2-11H,12H2,1H3,(H,19,20,21). The molecule has 0 saturated heterocycles. The van der Waals surface area contributed by atoms with E-state index >= 15 is 0 Å². The highest BCUT2D eigenvalue weighted by Crippen LogP contribution is 2.22. The van der Waals surface area contributed by atoms with Crippen molar-refractivity contribution in [1.29, 1.82) is 0 Å². The highest BCUT2D eigenvalue weighted by atomic mass is 32.1. The zero-order chi connectivity index (χ0) is 16.1. The molecule has 0 aliphatic heterocycles. The van der Waals surface area contributed by atoms with E-state index < -0.39 is 0 Å².